The molecular formula is C96H175NO18. The van der Waals surface area contributed by atoms with E-state index in [1.165, 1.54) is 302 Å². The largest absolute Gasteiger partial charge is 0.394 e. The van der Waals surface area contributed by atoms with Crippen molar-refractivity contribution in [3.05, 3.63) is 72.9 Å². The number of hydrogen-bond acceptors (Lipinski definition) is 18. The second-order valence-electron chi connectivity index (χ2n) is 33.8. The van der Waals surface area contributed by atoms with Crippen LogP contribution in [0.15, 0.2) is 72.9 Å². The summed E-state index contributed by atoms with van der Waals surface area (Å²) in [4.78, 5) is 13.5. The molecular weight excluding hydrogens is 1460 g/mol. The molecule has 0 aromatic rings. The van der Waals surface area contributed by atoms with E-state index in [1.807, 2.05) is 6.08 Å². The SMILES string of the molecule is CC/C=C\C/C=C\C/C=C\C/C=C\CCCCCCCCCCCCCCCCCCCCCCCCCCC(=O)NC(COC1OC(CO)C(OC2OC(CO)C(OC3OC(CO)C(O)C(O)C3O)C(O)C2O)C(O)C1O)C(O)/C=C/CC/C=C/CCCCCCCCCCCCCCCCCCCCCCCCCCCCC. The van der Waals surface area contributed by atoms with Crippen molar-refractivity contribution in [2.45, 2.75) is 503 Å². The van der Waals surface area contributed by atoms with Crippen LogP contribution >= 0.6 is 0 Å². The third-order valence-electron chi connectivity index (χ3n) is 23.5. The Balaban J connectivity index is 1.31. The first-order valence-electron chi connectivity index (χ1n) is 47.7. The van der Waals surface area contributed by atoms with Crippen molar-refractivity contribution in [3.8, 4) is 0 Å². The average molecular weight is 1630 g/mol. The van der Waals surface area contributed by atoms with E-state index in [4.69, 9.17) is 28.4 Å². The van der Waals surface area contributed by atoms with Crippen LogP contribution in [-0.2, 0) is 33.2 Å². The average Bonchev–Trinajstić information content (AvgIpc) is 0.779. The van der Waals surface area contributed by atoms with Gasteiger partial charge in [-0.25, -0.2) is 0 Å². The number of nitrogens with one attached hydrogen (secondary N) is 1. The van der Waals surface area contributed by atoms with Crippen LogP contribution in [0.5, 0.6) is 0 Å². The van der Waals surface area contributed by atoms with Gasteiger partial charge in [0.1, 0.15) is 73.2 Å². The number of carbonyl (C=O) groups excluding carboxylic acids is 1. The van der Waals surface area contributed by atoms with Crippen LogP contribution in [0.2, 0.25) is 0 Å². The van der Waals surface area contributed by atoms with E-state index in [0.717, 1.165) is 64.2 Å². The Bertz CT molecular complexity index is 2350. The van der Waals surface area contributed by atoms with Crippen molar-refractivity contribution in [3.63, 3.8) is 0 Å². The molecule has 17 unspecified atom stereocenters. The molecule has 3 aliphatic heterocycles. The number of amides is 1. The monoisotopic (exact) mass is 1630 g/mol. The fraction of sp³-hybridized carbons (Fsp3) is 0.865. The lowest BCUT2D eigenvalue weighted by molar-refractivity contribution is -0.379. The number of rotatable bonds is 78. The van der Waals surface area contributed by atoms with Gasteiger partial charge in [-0.05, 0) is 70.6 Å². The summed E-state index contributed by atoms with van der Waals surface area (Å²) in [6.45, 7) is 1.67. The van der Waals surface area contributed by atoms with Crippen molar-refractivity contribution in [2.75, 3.05) is 26.4 Å². The molecule has 19 heteroatoms. The lowest BCUT2D eigenvalue weighted by Gasteiger charge is -2.48. The number of aliphatic hydroxyl groups excluding tert-OH is 11. The Morgan fingerprint density at radius 1 is 0.322 bits per heavy atom. The predicted molar refractivity (Wildman–Crippen MR) is 466 cm³/mol. The van der Waals surface area contributed by atoms with Crippen LogP contribution < -0.4 is 5.32 Å². The lowest BCUT2D eigenvalue weighted by Crippen LogP contribution is -2.66. The van der Waals surface area contributed by atoms with E-state index in [2.05, 4.69) is 79.9 Å². The van der Waals surface area contributed by atoms with Crippen LogP contribution in [0.1, 0.15) is 399 Å². The lowest BCUT2D eigenvalue weighted by atomic mass is 9.96. The van der Waals surface area contributed by atoms with Crippen molar-refractivity contribution in [2.24, 2.45) is 0 Å². The van der Waals surface area contributed by atoms with E-state index in [9.17, 15) is 61.0 Å². The van der Waals surface area contributed by atoms with E-state index in [0.29, 0.717) is 12.8 Å². The summed E-state index contributed by atoms with van der Waals surface area (Å²) in [5.74, 6) is -0.278. The molecule has 0 aromatic carbocycles. The van der Waals surface area contributed by atoms with Crippen LogP contribution in [0, 0.1) is 0 Å². The van der Waals surface area contributed by atoms with Gasteiger partial charge in [-0.15, -0.1) is 0 Å². The molecule has 0 aromatic heterocycles. The molecule has 0 saturated carbocycles. The molecule has 3 saturated heterocycles. The highest BCUT2D eigenvalue weighted by molar-refractivity contribution is 5.76. The van der Waals surface area contributed by atoms with Gasteiger partial charge in [-0.2, -0.15) is 0 Å². The minimum absolute atomic E-state index is 0.238. The summed E-state index contributed by atoms with van der Waals surface area (Å²) in [6.07, 6.45) is 75.1. The summed E-state index contributed by atoms with van der Waals surface area (Å²) < 4.78 is 34.5. The van der Waals surface area contributed by atoms with Gasteiger partial charge in [0.05, 0.1) is 38.6 Å². The fourth-order valence-corrected chi connectivity index (χ4v) is 16.0. The molecule has 0 aliphatic carbocycles. The second kappa shape index (κ2) is 75.0. The van der Waals surface area contributed by atoms with Crippen molar-refractivity contribution < 1.29 is 89.4 Å². The predicted octanol–water partition coefficient (Wildman–Crippen LogP) is 19.1. The van der Waals surface area contributed by atoms with Gasteiger partial charge < -0.3 is 89.9 Å². The first-order valence-corrected chi connectivity index (χ1v) is 47.7. The van der Waals surface area contributed by atoms with Crippen molar-refractivity contribution in [1.82, 2.24) is 5.32 Å². The van der Waals surface area contributed by atoms with E-state index >= 15 is 0 Å². The second-order valence-corrected chi connectivity index (χ2v) is 33.8. The zero-order chi connectivity index (χ0) is 83.1. The Morgan fingerprint density at radius 3 is 0.974 bits per heavy atom. The quantitative estimate of drug-likeness (QED) is 0.0199. The molecule has 12 N–H and O–H groups in total. The Morgan fingerprint density at radius 2 is 0.609 bits per heavy atom. The van der Waals surface area contributed by atoms with E-state index < -0.39 is 124 Å². The minimum Gasteiger partial charge on any atom is -0.394 e. The first kappa shape index (κ1) is 106. The van der Waals surface area contributed by atoms with Crippen LogP contribution in [-0.4, -0.2) is 193 Å². The maximum absolute atomic E-state index is 13.5. The number of aliphatic hydroxyl groups is 11. The number of hydrogen-bond donors (Lipinski definition) is 12. The Hall–Kier alpha value is -2.77. The standard InChI is InChI=1S/C96H175NO18/c1-3-5-7-9-11-13-15-17-19-21-23-25-27-29-31-33-35-37-38-39-40-42-44-46-48-50-52-54-56-58-60-62-64-66-68-70-72-74-84(102)97-79(80(101)73-71-69-67-65-63-61-59-57-55-53-51-49-47-45-43-41-36-34-32-30-28-26-24-22-20-18-16-14-12-10-8-6-4-2)78-110-94-90(108)87(105)92(82(76-99)112-94)115-96-91(109)88(106)93(83(77-100)113-96)114-95-89(107)86(104)85(103)81(75-98)111-95/h5,7,11,13,17,19,23,25,63,65,71,73,79-83,85-96,98-101,103-109H,3-4,6,8-10,12,14-16,18,20-22,24,26-62,64,66-70,72,74-78H2,1-2H3,(H,97,102)/b7-5-,13-11-,19-17-,25-23-,65-63+,73-71+. The smallest absolute Gasteiger partial charge is 0.220 e. The molecule has 0 bridgehead atoms. The Labute approximate surface area is 699 Å². The number of unbranched alkanes of at least 4 members (excludes halogenated alkanes) is 52. The zero-order valence-electron chi connectivity index (χ0n) is 72.8. The molecule has 3 heterocycles. The zero-order valence-corrected chi connectivity index (χ0v) is 72.8. The highest BCUT2D eigenvalue weighted by Crippen LogP contribution is 2.34. The highest BCUT2D eigenvalue weighted by atomic mass is 16.8. The van der Waals surface area contributed by atoms with Crippen LogP contribution in [0.4, 0.5) is 0 Å². The van der Waals surface area contributed by atoms with Crippen molar-refractivity contribution >= 4 is 5.91 Å². The number of ether oxygens (including phenoxy) is 6. The van der Waals surface area contributed by atoms with Crippen LogP contribution in [0.25, 0.3) is 0 Å². The third-order valence-corrected chi connectivity index (χ3v) is 23.5. The fourth-order valence-electron chi connectivity index (χ4n) is 16.0. The highest BCUT2D eigenvalue weighted by Gasteiger charge is 2.54. The van der Waals surface area contributed by atoms with Gasteiger partial charge >= 0.3 is 0 Å². The molecule has 0 radical (unpaired) electrons. The minimum atomic E-state index is -1.98. The molecule has 19 nitrogen and oxygen atoms in total. The Kier molecular flexibility index (Phi) is 69.4. The molecule has 3 aliphatic rings. The molecule has 17 atom stereocenters. The van der Waals surface area contributed by atoms with Gasteiger partial charge in [0.15, 0.2) is 18.9 Å². The molecule has 0 spiro atoms. The molecule has 115 heavy (non-hydrogen) atoms. The third kappa shape index (κ3) is 53.0. The van der Waals surface area contributed by atoms with E-state index in [-0.39, 0.29) is 18.9 Å². The van der Waals surface area contributed by atoms with Gasteiger partial charge in [0.25, 0.3) is 0 Å². The molecule has 3 rings (SSSR count). The topological polar surface area (TPSA) is 307 Å². The molecule has 672 valence electrons. The molecule has 3 fully saturated rings. The number of carbonyl (C=O) groups is 1. The normalized spacial score (nSPS) is 24.9. The van der Waals surface area contributed by atoms with Gasteiger partial charge in [-0.1, -0.05) is 395 Å². The van der Waals surface area contributed by atoms with Crippen LogP contribution in [0.3, 0.4) is 0 Å². The van der Waals surface area contributed by atoms with E-state index in [1.54, 1.807) is 6.08 Å². The summed E-state index contributed by atoms with van der Waals surface area (Å²) in [5, 5.41) is 121. The van der Waals surface area contributed by atoms with Gasteiger partial charge in [0, 0.05) is 6.42 Å². The van der Waals surface area contributed by atoms with Gasteiger partial charge in [-0.3, -0.25) is 4.79 Å². The van der Waals surface area contributed by atoms with Crippen molar-refractivity contribution in [1.29, 1.82) is 0 Å². The summed E-state index contributed by atoms with van der Waals surface area (Å²) >= 11 is 0. The first-order chi connectivity index (χ1) is 56.3. The number of allylic oxidation sites excluding steroid dienone is 11. The summed E-state index contributed by atoms with van der Waals surface area (Å²) in [7, 11) is 0. The summed E-state index contributed by atoms with van der Waals surface area (Å²) in [5.41, 5.74) is 0. The maximum atomic E-state index is 13.5. The summed E-state index contributed by atoms with van der Waals surface area (Å²) in [6, 6.07) is -0.993. The maximum Gasteiger partial charge on any atom is 0.220 e. The van der Waals surface area contributed by atoms with Gasteiger partial charge in [0.2, 0.25) is 5.91 Å². The molecule has 1 amide bonds.